The van der Waals surface area contributed by atoms with Crippen molar-refractivity contribution in [3.05, 3.63) is 45.5 Å². The van der Waals surface area contributed by atoms with E-state index in [-0.39, 0.29) is 12.5 Å². The second kappa shape index (κ2) is 8.17. The summed E-state index contributed by atoms with van der Waals surface area (Å²) in [5.41, 5.74) is 2.59. The largest absolute Gasteiger partial charge is 0.467 e. The fraction of sp³-hybridized carbons (Fsp3) is 0.333. The SMILES string of the molecule is C=C(C)CSc1nnc(SCc2cc([N+](=O)[O-])cc3c2OCOC3)s1. The Balaban J connectivity index is 1.73. The number of fused-ring (bicyclic) bond motifs is 1. The molecule has 0 saturated carbocycles. The van der Waals surface area contributed by atoms with Crippen LogP contribution in [0.15, 0.2) is 33.0 Å². The van der Waals surface area contributed by atoms with Gasteiger partial charge in [0.15, 0.2) is 15.5 Å². The molecule has 3 rings (SSSR count). The van der Waals surface area contributed by atoms with Crippen LogP contribution in [-0.2, 0) is 17.1 Å². The number of thioether (sulfide) groups is 2. The Kier molecular flexibility index (Phi) is 5.94. The predicted molar refractivity (Wildman–Crippen MR) is 98.4 cm³/mol. The van der Waals surface area contributed by atoms with Crippen LogP contribution in [0.5, 0.6) is 5.75 Å². The average molecular weight is 398 g/mol. The van der Waals surface area contributed by atoms with Gasteiger partial charge in [0.1, 0.15) is 5.75 Å². The lowest BCUT2D eigenvalue weighted by Crippen LogP contribution is -2.13. The van der Waals surface area contributed by atoms with Crippen LogP contribution in [0.25, 0.3) is 0 Å². The van der Waals surface area contributed by atoms with Gasteiger partial charge in [0, 0.05) is 34.8 Å². The molecule has 132 valence electrons. The Bertz CT molecular complexity index is 809. The maximum Gasteiger partial charge on any atom is 0.270 e. The van der Waals surface area contributed by atoms with Gasteiger partial charge in [-0.15, -0.1) is 10.2 Å². The first-order valence-electron chi connectivity index (χ1n) is 7.27. The molecule has 0 saturated heterocycles. The molecule has 7 nitrogen and oxygen atoms in total. The van der Waals surface area contributed by atoms with Crippen LogP contribution in [-0.4, -0.2) is 27.7 Å². The van der Waals surface area contributed by atoms with Crippen molar-refractivity contribution in [2.75, 3.05) is 12.5 Å². The number of non-ortho nitro benzene ring substituents is 1. The monoisotopic (exact) mass is 397 g/mol. The minimum absolute atomic E-state index is 0.0402. The second-order valence-electron chi connectivity index (χ2n) is 5.33. The lowest BCUT2D eigenvalue weighted by molar-refractivity contribution is -0.385. The molecular formula is C15H15N3O4S3. The third-order valence-corrected chi connectivity index (χ3v) is 6.63. The summed E-state index contributed by atoms with van der Waals surface area (Å²) in [5, 5.41) is 19.4. The van der Waals surface area contributed by atoms with Crippen LogP contribution >= 0.6 is 34.9 Å². The van der Waals surface area contributed by atoms with Crippen molar-refractivity contribution in [1.29, 1.82) is 0 Å². The fourth-order valence-corrected chi connectivity index (χ4v) is 4.96. The van der Waals surface area contributed by atoms with Crippen molar-refractivity contribution >= 4 is 40.5 Å². The zero-order chi connectivity index (χ0) is 17.8. The summed E-state index contributed by atoms with van der Waals surface area (Å²) in [6, 6.07) is 3.05. The average Bonchev–Trinajstić information content (AvgIpc) is 3.05. The van der Waals surface area contributed by atoms with E-state index in [4.69, 9.17) is 9.47 Å². The molecule has 1 aromatic heterocycles. The summed E-state index contributed by atoms with van der Waals surface area (Å²) in [4.78, 5) is 10.7. The summed E-state index contributed by atoms with van der Waals surface area (Å²) >= 11 is 4.59. The molecule has 0 unspecified atom stereocenters. The van der Waals surface area contributed by atoms with Crippen LogP contribution in [0, 0.1) is 10.1 Å². The molecule has 0 spiro atoms. The van der Waals surface area contributed by atoms with Crippen molar-refractivity contribution in [3.63, 3.8) is 0 Å². The van der Waals surface area contributed by atoms with E-state index in [9.17, 15) is 10.1 Å². The highest BCUT2D eigenvalue weighted by Crippen LogP contribution is 2.37. The van der Waals surface area contributed by atoms with Gasteiger partial charge in [0.2, 0.25) is 0 Å². The van der Waals surface area contributed by atoms with Gasteiger partial charge in [-0.25, -0.2) is 0 Å². The van der Waals surface area contributed by atoms with E-state index in [1.54, 1.807) is 17.8 Å². The third kappa shape index (κ3) is 4.72. The van der Waals surface area contributed by atoms with E-state index in [2.05, 4.69) is 16.8 Å². The lowest BCUT2D eigenvalue weighted by atomic mass is 10.1. The molecule has 1 aliphatic rings. The van der Waals surface area contributed by atoms with Crippen molar-refractivity contribution in [1.82, 2.24) is 10.2 Å². The Morgan fingerprint density at radius 3 is 2.88 bits per heavy atom. The van der Waals surface area contributed by atoms with Crippen molar-refractivity contribution in [2.45, 2.75) is 28.0 Å². The lowest BCUT2D eigenvalue weighted by Gasteiger charge is -2.20. The number of benzene rings is 1. The molecule has 1 aromatic carbocycles. The Labute approximate surface area is 157 Å². The number of nitro benzene ring substituents is 1. The van der Waals surface area contributed by atoms with Gasteiger partial charge in [-0.2, -0.15) is 0 Å². The Morgan fingerprint density at radius 2 is 2.16 bits per heavy atom. The highest BCUT2D eigenvalue weighted by molar-refractivity contribution is 8.03. The quantitative estimate of drug-likeness (QED) is 0.296. The van der Waals surface area contributed by atoms with Gasteiger partial charge in [0.25, 0.3) is 5.69 Å². The van der Waals surface area contributed by atoms with E-state index in [0.29, 0.717) is 23.7 Å². The van der Waals surface area contributed by atoms with Crippen LogP contribution < -0.4 is 4.74 Å². The van der Waals surface area contributed by atoms with Gasteiger partial charge < -0.3 is 9.47 Å². The number of nitrogens with zero attached hydrogens (tertiary/aromatic N) is 3. The zero-order valence-corrected chi connectivity index (χ0v) is 15.8. The Hall–Kier alpha value is -1.62. The first-order valence-corrected chi connectivity index (χ1v) is 10.1. The minimum Gasteiger partial charge on any atom is -0.467 e. The minimum atomic E-state index is -0.402. The van der Waals surface area contributed by atoms with Gasteiger partial charge in [0.05, 0.1) is 11.5 Å². The number of hydrogen-bond donors (Lipinski definition) is 0. The van der Waals surface area contributed by atoms with Crippen molar-refractivity contribution in [2.24, 2.45) is 0 Å². The maximum atomic E-state index is 11.1. The highest BCUT2D eigenvalue weighted by atomic mass is 32.2. The highest BCUT2D eigenvalue weighted by Gasteiger charge is 2.21. The molecule has 10 heteroatoms. The first-order chi connectivity index (χ1) is 12.0. The van der Waals surface area contributed by atoms with Crippen LogP contribution in [0.2, 0.25) is 0 Å². The molecule has 0 radical (unpaired) electrons. The van der Waals surface area contributed by atoms with Crippen LogP contribution in [0.4, 0.5) is 5.69 Å². The first kappa shape index (κ1) is 18.2. The number of hydrogen-bond acceptors (Lipinski definition) is 9. The topological polar surface area (TPSA) is 87.4 Å². The van der Waals surface area contributed by atoms with E-state index in [0.717, 1.165) is 25.6 Å². The number of ether oxygens (including phenoxy) is 2. The van der Waals surface area contributed by atoms with Crippen LogP contribution in [0.3, 0.4) is 0 Å². The molecule has 2 aromatic rings. The summed E-state index contributed by atoms with van der Waals surface area (Å²) in [6.07, 6.45) is 0. The molecule has 25 heavy (non-hydrogen) atoms. The molecular weight excluding hydrogens is 382 g/mol. The second-order valence-corrected chi connectivity index (χ2v) is 8.75. The molecule has 2 heterocycles. The van der Waals surface area contributed by atoms with Crippen molar-refractivity contribution in [3.8, 4) is 5.75 Å². The normalized spacial score (nSPS) is 13.2. The van der Waals surface area contributed by atoms with E-state index >= 15 is 0 Å². The molecule has 0 N–H and O–H groups in total. The molecule has 0 bridgehead atoms. The molecule has 0 atom stereocenters. The fourth-order valence-electron chi connectivity index (χ4n) is 2.13. The zero-order valence-electron chi connectivity index (χ0n) is 13.4. The van der Waals surface area contributed by atoms with Crippen LogP contribution in [0.1, 0.15) is 18.1 Å². The van der Waals surface area contributed by atoms with Gasteiger partial charge >= 0.3 is 0 Å². The summed E-state index contributed by atoms with van der Waals surface area (Å²) in [6.45, 7) is 6.31. The predicted octanol–water partition coefficient (Wildman–Crippen LogP) is 4.27. The summed E-state index contributed by atoms with van der Waals surface area (Å²) < 4.78 is 12.5. The Morgan fingerprint density at radius 1 is 1.40 bits per heavy atom. The summed E-state index contributed by atoms with van der Waals surface area (Å²) in [7, 11) is 0. The number of nitro groups is 1. The van der Waals surface area contributed by atoms with E-state index < -0.39 is 4.92 Å². The van der Waals surface area contributed by atoms with Gasteiger partial charge in [-0.05, 0) is 6.92 Å². The van der Waals surface area contributed by atoms with E-state index in [1.807, 2.05) is 6.92 Å². The number of rotatable bonds is 7. The van der Waals surface area contributed by atoms with E-state index in [1.165, 1.54) is 29.2 Å². The molecule has 1 aliphatic heterocycles. The maximum absolute atomic E-state index is 11.1. The molecule has 0 aliphatic carbocycles. The standard InChI is InChI=1S/C15H15N3O4S3/c1-9(2)6-23-14-16-17-15(25-14)24-7-11-4-12(18(19)20)3-10-5-21-8-22-13(10)11/h3-4H,1,5-8H2,2H3. The molecule has 0 amide bonds. The van der Waals surface area contributed by atoms with Crippen molar-refractivity contribution < 1.29 is 14.4 Å². The molecule has 0 fully saturated rings. The third-order valence-electron chi connectivity index (χ3n) is 3.16. The van der Waals surface area contributed by atoms with Gasteiger partial charge in [-0.1, -0.05) is 47.0 Å². The smallest absolute Gasteiger partial charge is 0.270 e. The van der Waals surface area contributed by atoms with Gasteiger partial charge in [-0.3, -0.25) is 10.1 Å². The summed E-state index contributed by atoms with van der Waals surface area (Å²) in [5.74, 6) is 2.00. The number of aromatic nitrogens is 2.